The van der Waals surface area contributed by atoms with Gasteiger partial charge in [-0.15, -0.1) is 0 Å². The van der Waals surface area contributed by atoms with Crippen molar-refractivity contribution in [3.05, 3.63) is 35.4 Å². The lowest BCUT2D eigenvalue weighted by molar-refractivity contribution is 0.00931. The monoisotopic (exact) mass is 301 g/mol. The lowest BCUT2D eigenvalue weighted by Gasteiger charge is -2.17. The Hall–Kier alpha value is -1.18. The summed E-state index contributed by atoms with van der Waals surface area (Å²) in [5.74, 6) is -0.313. The van der Waals surface area contributed by atoms with Gasteiger partial charge in [-0.1, -0.05) is 26.0 Å². The van der Waals surface area contributed by atoms with Crippen molar-refractivity contribution in [2.24, 2.45) is 0 Å². The van der Waals surface area contributed by atoms with Crippen LogP contribution in [-0.4, -0.2) is 32.4 Å². The van der Waals surface area contributed by atoms with E-state index >= 15 is 0 Å². The van der Waals surface area contributed by atoms with Crippen LogP contribution < -0.4 is 0 Å². The minimum absolute atomic E-state index is 0.0495. The molecule has 0 heterocycles. The highest BCUT2D eigenvalue weighted by Crippen LogP contribution is 2.23. The van der Waals surface area contributed by atoms with Crippen molar-refractivity contribution in [2.45, 2.75) is 13.8 Å². The van der Waals surface area contributed by atoms with Gasteiger partial charge >= 0.3 is 11.9 Å². The van der Waals surface area contributed by atoms with Crippen LogP contribution in [0, 0.1) is 0 Å². The van der Waals surface area contributed by atoms with Crippen LogP contribution in [-0.2, 0) is 4.84 Å². The zero-order chi connectivity index (χ0) is 14.3. The Balaban J connectivity index is 2.85. The van der Waals surface area contributed by atoms with Gasteiger partial charge in [0.1, 0.15) is 0 Å². The van der Waals surface area contributed by atoms with Crippen molar-refractivity contribution in [3.8, 4) is 0 Å². The van der Waals surface area contributed by atoms with Gasteiger partial charge in [0.2, 0.25) is 0 Å². The molecule has 0 fully saturated rings. The molecule has 0 aliphatic rings. The minimum Gasteiger partial charge on any atom is -0.478 e. The second-order valence-corrected chi connectivity index (χ2v) is 5.85. The Morgan fingerprint density at radius 3 is 2.16 bits per heavy atom. The Morgan fingerprint density at radius 2 is 1.68 bits per heavy atom. The van der Waals surface area contributed by atoms with Gasteiger partial charge in [0.15, 0.2) is 0 Å². The first-order chi connectivity index (χ1) is 9.10. The van der Waals surface area contributed by atoms with E-state index in [0.717, 1.165) is 11.5 Å². The molecule has 0 radical (unpaired) electrons. The van der Waals surface area contributed by atoms with Crippen LogP contribution in [0.3, 0.4) is 0 Å². The first kappa shape index (κ1) is 15.9. The highest BCUT2D eigenvalue weighted by atomic mass is 32.2. The molecule has 0 saturated heterocycles. The molecule has 0 aromatic heterocycles. The first-order valence-electron chi connectivity index (χ1n) is 5.70. The average Bonchev–Trinajstić information content (AvgIpc) is 2.39. The number of hydrogen-bond acceptors (Lipinski definition) is 6. The van der Waals surface area contributed by atoms with Crippen LogP contribution in [0.15, 0.2) is 24.3 Å². The second-order valence-electron chi connectivity index (χ2n) is 3.29. The molecule has 0 aliphatic carbocycles. The summed E-state index contributed by atoms with van der Waals surface area (Å²) >= 11 is 2.69. The lowest BCUT2D eigenvalue weighted by Crippen LogP contribution is -2.18. The zero-order valence-corrected chi connectivity index (χ0v) is 12.3. The van der Waals surface area contributed by atoms with Gasteiger partial charge in [-0.25, -0.2) is 9.59 Å². The van der Waals surface area contributed by atoms with Gasteiger partial charge < -0.3 is 9.94 Å². The van der Waals surface area contributed by atoms with E-state index in [9.17, 15) is 9.59 Å². The second kappa shape index (κ2) is 8.08. The molecule has 1 aromatic carbocycles. The van der Waals surface area contributed by atoms with E-state index < -0.39 is 11.9 Å². The van der Waals surface area contributed by atoms with Gasteiger partial charge in [0.25, 0.3) is 0 Å². The molecule has 0 saturated carbocycles. The SMILES string of the molecule is CCSN(OC(=O)c1ccccc1C(=O)O)SCC. The summed E-state index contributed by atoms with van der Waals surface area (Å²) in [6, 6.07) is 5.99. The summed E-state index contributed by atoms with van der Waals surface area (Å²) in [4.78, 5) is 28.2. The van der Waals surface area contributed by atoms with E-state index in [1.807, 2.05) is 13.8 Å². The predicted octanol–water partition coefficient (Wildman–Crippen LogP) is 3.09. The molecule has 0 amide bonds. The van der Waals surface area contributed by atoms with Gasteiger partial charge in [-0.2, -0.15) is 0 Å². The zero-order valence-electron chi connectivity index (χ0n) is 10.7. The van der Waals surface area contributed by atoms with Crippen molar-refractivity contribution in [1.29, 1.82) is 0 Å². The molecule has 0 spiro atoms. The van der Waals surface area contributed by atoms with Crippen molar-refractivity contribution in [2.75, 3.05) is 11.5 Å². The van der Waals surface area contributed by atoms with E-state index in [2.05, 4.69) is 0 Å². The number of aromatic carboxylic acids is 1. The molecule has 1 rings (SSSR count). The largest absolute Gasteiger partial charge is 0.478 e. The summed E-state index contributed by atoms with van der Waals surface area (Å²) in [6.07, 6.45) is 0. The minimum atomic E-state index is -1.15. The molecule has 19 heavy (non-hydrogen) atoms. The van der Waals surface area contributed by atoms with Crippen molar-refractivity contribution < 1.29 is 19.5 Å². The molecular formula is C12H15NO4S2. The fourth-order valence-corrected chi connectivity index (χ4v) is 2.86. The molecule has 7 heteroatoms. The Kier molecular flexibility index (Phi) is 6.75. The Morgan fingerprint density at radius 1 is 1.16 bits per heavy atom. The van der Waals surface area contributed by atoms with Gasteiger partial charge in [0.05, 0.1) is 11.1 Å². The topological polar surface area (TPSA) is 66.8 Å². The maximum atomic E-state index is 12.0. The predicted molar refractivity (Wildman–Crippen MR) is 76.9 cm³/mol. The molecule has 104 valence electrons. The van der Waals surface area contributed by atoms with E-state index in [1.54, 1.807) is 12.1 Å². The number of carboxylic acid groups (broad SMARTS) is 1. The third-order valence-electron chi connectivity index (χ3n) is 2.00. The van der Waals surface area contributed by atoms with E-state index in [-0.39, 0.29) is 11.1 Å². The molecule has 5 nitrogen and oxygen atoms in total. The standard InChI is InChI=1S/C12H15NO4S2/c1-3-18-13(19-4-2)17-12(16)10-8-6-5-7-9(10)11(14)15/h5-8H,3-4H2,1-2H3,(H,14,15). The third-order valence-corrected chi connectivity index (χ3v) is 3.72. The Labute approximate surface area is 120 Å². The molecule has 1 N–H and O–H groups in total. The average molecular weight is 301 g/mol. The summed E-state index contributed by atoms with van der Waals surface area (Å²) < 4.78 is 1.40. The number of carbonyl (C=O) groups excluding carboxylic acids is 1. The summed E-state index contributed by atoms with van der Waals surface area (Å²) in [5, 5.41) is 9.02. The molecule has 0 aliphatic heterocycles. The third kappa shape index (κ3) is 4.77. The highest BCUT2D eigenvalue weighted by molar-refractivity contribution is 8.11. The van der Waals surface area contributed by atoms with Crippen molar-refractivity contribution in [3.63, 3.8) is 0 Å². The maximum absolute atomic E-state index is 12.0. The van der Waals surface area contributed by atoms with Gasteiger partial charge in [0, 0.05) is 11.5 Å². The number of nitrogens with zero attached hydrogens (tertiary/aromatic N) is 1. The molecule has 0 bridgehead atoms. The number of carboxylic acids is 1. The maximum Gasteiger partial charge on any atom is 0.359 e. The van der Waals surface area contributed by atoms with E-state index in [0.29, 0.717) is 0 Å². The molecule has 0 atom stereocenters. The van der Waals surface area contributed by atoms with Crippen LogP contribution in [0.4, 0.5) is 0 Å². The highest BCUT2D eigenvalue weighted by Gasteiger charge is 2.20. The molecule has 0 unspecified atom stereocenters. The molecular weight excluding hydrogens is 286 g/mol. The van der Waals surface area contributed by atoms with Crippen LogP contribution in [0.25, 0.3) is 0 Å². The van der Waals surface area contributed by atoms with E-state index in [1.165, 1.54) is 39.9 Å². The number of carbonyl (C=O) groups is 2. The van der Waals surface area contributed by atoms with Crippen LogP contribution in [0.1, 0.15) is 34.6 Å². The number of rotatable bonds is 7. The van der Waals surface area contributed by atoms with Crippen LogP contribution in [0.2, 0.25) is 0 Å². The quantitative estimate of drug-likeness (QED) is 0.613. The number of benzene rings is 1. The van der Waals surface area contributed by atoms with E-state index in [4.69, 9.17) is 9.94 Å². The summed E-state index contributed by atoms with van der Waals surface area (Å²) in [7, 11) is 0. The summed E-state index contributed by atoms with van der Waals surface area (Å²) in [5.41, 5.74) is -0.0103. The normalized spacial score (nSPS) is 10.5. The van der Waals surface area contributed by atoms with Gasteiger partial charge in [-0.05, 0) is 39.9 Å². The number of hydrogen-bond donors (Lipinski definition) is 1. The fraction of sp³-hybridized carbons (Fsp3) is 0.333. The van der Waals surface area contributed by atoms with Crippen LogP contribution >= 0.6 is 23.9 Å². The lowest BCUT2D eigenvalue weighted by atomic mass is 10.1. The fourth-order valence-electron chi connectivity index (χ4n) is 1.27. The summed E-state index contributed by atoms with van der Waals surface area (Å²) in [6.45, 7) is 3.87. The Bertz CT molecular complexity index is 447. The smallest absolute Gasteiger partial charge is 0.359 e. The van der Waals surface area contributed by atoms with Crippen molar-refractivity contribution >= 4 is 35.8 Å². The first-order valence-corrected chi connectivity index (χ1v) is 7.59. The van der Waals surface area contributed by atoms with Gasteiger partial charge in [-0.3, -0.25) is 0 Å². The molecule has 1 aromatic rings. The van der Waals surface area contributed by atoms with Crippen molar-refractivity contribution in [1.82, 2.24) is 3.87 Å². The van der Waals surface area contributed by atoms with Crippen LogP contribution in [0.5, 0.6) is 0 Å².